The smallest absolute Gasteiger partial charge is 0.389 e. The van der Waals surface area contributed by atoms with Crippen LogP contribution in [0.2, 0.25) is 0 Å². The summed E-state index contributed by atoms with van der Waals surface area (Å²) in [6.45, 7) is 7.82. The Bertz CT molecular complexity index is 715. The van der Waals surface area contributed by atoms with Crippen LogP contribution >= 0.6 is 0 Å². The summed E-state index contributed by atoms with van der Waals surface area (Å²) in [7, 11) is 1.52. The number of halogens is 3. The number of aliphatic hydroxyl groups excluding tert-OH is 1. The second-order valence-corrected chi connectivity index (χ2v) is 8.66. The monoisotopic (exact) mass is 476 g/mol. The molecule has 0 aromatic heterocycles. The molecule has 1 aromatic carbocycles. The minimum absolute atomic E-state index is 0.171. The summed E-state index contributed by atoms with van der Waals surface area (Å²) in [4.78, 5) is 16.6. The van der Waals surface area contributed by atoms with Crippen molar-refractivity contribution in [2.45, 2.75) is 32.2 Å². The standard InChI is InChI=1S/C23H35F3N2O5/c1-17(2)15-32-16-20(29)12-27-8-11-33-21(13-27)14-28(9-10-31-3)22(30)18-4-6-19(7-5-18)23(24,25)26/h4-7,17,20-21,29H,8-16H2,1-3H3. The van der Waals surface area contributed by atoms with Gasteiger partial charge in [0.25, 0.3) is 5.91 Å². The fraction of sp³-hybridized carbons (Fsp3) is 0.696. The van der Waals surface area contributed by atoms with Gasteiger partial charge in [-0.2, -0.15) is 13.2 Å². The molecule has 1 amide bonds. The van der Waals surface area contributed by atoms with Crippen LogP contribution in [-0.2, 0) is 20.4 Å². The molecule has 1 heterocycles. The Hall–Kier alpha value is -1.72. The average Bonchev–Trinajstić information content (AvgIpc) is 2.75. The molecular formula is C23H35F3N2O5. The lowest BCUT2D eigenvalue weighted by atomic mass is 10.1. The van der Waals surface area contributed by atoms with Crippen LogP contribution < -0.4 is 0 Å². The molecular weight excluding hydrogens is 441 g/mol. The molecule has 1 fully saturated rings. The molecule has 33 heavy (non-hydrogen) atoms. The highest BCUT2D eigenvalue weighted by atomic mass is 19.4. The van der Waals surface area contributed by atoms with Gasteiger partial charge in [-0.05, 0) is 30.2 Å². The van der Waals surface area contributed by atoms with E-state index in [0.717, 1.165) is 12.1 Å². The van der Waals surface area contributed by atoms with Gasteiger partial charge in [-0.1, -0.05) is 13.8 Å². The Balaban J connectivity index is 1.95. The number of amides is 1. The predicted molar refractivity (Wildman–Crippen MR) is 117 cm³/mol. The number of ether oxygens (including phenoxy) is 3. The number of hydrogen-bond acceptors (Lipinski definition) is 6. The number of β-amino-alcohol motifs (C(OH)–C–C–N with tert-alkyl or cyclic N) is 1. The minimum atomic E-state index is -4.46. The molecule has 2 atom stereocenters. The lowest BCUT2D eigenvalue weighted by Gasteiger charge is -2.36. The largest absolute Gasteiger partial charge is 0.416 e. The topological polar surface area (TPSA) is 71.5 Å². The highest BCUT2D eigenvalue weighted by Gasteiger charge is 2.31. The quantitative estimate of drug-likeness (QED) is 0.500. The van der Waals surface area contributed by atoms with E-state index in [0.29, 0.717) is 38.8 Å². The highest BCUT2D eigenvalue weighted by Crippen LogP contribution is 2.29. The van der Waals surface area contributed by atoms with Gasteiger partial charge in [0.1, 0.15) is 0 Å². The predicted octanol–water partition coefficient (Wildman–Crippen LogP) is 2.53. The number of hydrogen-bond donors (Lipinski definition) is 1. The van der Waals surface area contributed by atoms with E-state index >= 15 is 0 Å². The summed E-state index contributed by atoms with van der Waals surface area (Å²) in [5.74, 6) is 0.00821. The van der Waals surface area contributed by atoms with Gasteiger partial charge in [-0.3, -0.25) is 9.69 Å². The van der Waals surface area contributed by atoms with Crippen LogP contribution in [0, 0.1) is 5.92 Å². The number of carbonyl (C=O) groups excluding carboxylic acids is 1. The van der Waals surface area contributed by atoms with Gasteiger partial charge in [0.15, 0.2) is 0 Å². The molecule has 1 aromatic rings. The van der Waals surface area contributed by atoms with Crippen molar-refractivity contribution in [1.82, 2.24) is 9.80 Å². The normalized spacial score (nSPS) is 18.5. The fourth-order valence-corrected chi connectivity index (χ4v) is 3.55. The molecule has 0 bridgehead atoms. The van der Waals surface area contributed by atoms with E-state index in [1.807, 2.05) is 13.8 Å². The van der Waals surface area contributed by atoms with E-state index in [9.17, 15) is 23.1 Å². The summed E-state index contributed by atoms with van der Waals surface area (Å²) in [5.41, 5.74) is -0.630. The summed E-state index contributed by atoms with van der Waals surface area (Å²) in [5, 5.41) is 10.2. The second kappa shape index (κ2) is 13.2. The van der Waals surface area contributed by atoms with Crippen molar-refractivity contribution in [3.63, 3.8) is 0 Å². The molecule has 2 unspecified atom stereocenters. The zero-order valence-corrected chi connectivity index (χ0v) is 19.5. The molecule has 0 saturated carbocycles. The third kappa shape index (κ3) is 9.58. The third-order valence-corrected chi connectivity index (χ3v) is 5.19. The first-order valence-corrected chi connectivity index (χ1v) is 11.1. The number of rotatable bonds is 12. The van der Waals surface area contributed by atoms with Crippen molar-refractivity contribution in [3.8, 4) is 0 Å². The van der Waals surface area contributed by atoms with E-state index in [1.54, 1.807) is 0 Å². The lowest BCUT2D eigenvalue weighted by Crippen LogP contribution is -2.51. The van der Waals surface area contributed by atoms with Crippen molar-refractivity contribution in [2.75, 3.05) is 66.3 Å². The summed E-state index contributed by atoms with van der Waals surface area (Å²) in [6, 6.07) is 4.19. The molecule has 7 nitrogen and oxygen atoms in total. The molecule has 188 valence electrons. The van der Waals surface area contributed by atoms with E-state index in [1.165, 1.54) is 24.1 Å². The molecule has 1 saturated heterocycles. The Morgan fingerprint density at radius 3 is 2.58 bits per heavy atom. The number of morpholine rings is 1. The number of carbonyl (C=O) groups is 1. The third-order valence-electron chi connectivity index (χ3n) is 5.19. The van der Waals surface area contributed by atoms with Gasteiger partial charge < -0.3 is 24.2 Å². The zero-order valence-electron chi connectivity index (χ0n) is 19.5. The highest BCUT2D eigenvalue weighted by molar-refractivity contribution is 5.94. The van der Waals surface area contributed by atoms with Gasteiger partial charge in [-0.25, -0.2) is 0 Å². The molecule has 10 heteroatoms. The summed E-state index contributed by atoms with van der Waals surface area (Å²) in [6.07, 6.45) is -5.38. The Morgan fingerprint density at radius 2 is 1.97 bits per heavy atom. The van der Waals surface area contributed by atoms with Crippen LogP contribution in [-0.4, -0.2) is 99.3 Å². The maximum absolute atomic E-state index is 13.0. The molecule has 2 rings (SSSR count). The molecule has 0 spiro atoms. The van der Waals surface area contributed by atoms with Gasteiger partial charge >= 0.3 is 6.18 Å². The van der Waals surface area contributed by atoms with Crippen LogP contribution in [0.3, 0.4) is 0 Å². The van der Waals surface area contributed by atoms with Crippen LogP contribution in [0.4, 0.5) is 13.2 Å². The molecule has 1 aliphatic heterocycles. The first-order chi connectivity index (χ1) is 15.6. The Kier molecular flexibility index (Phi) is 11.0. The van der Waals surface area contributed by atoms with Crippen molar-refractivity contribution < 1.29 is 37.3 Å². The van der Waals surface area contributed by atoms with Crippen LogP contribution in [0.25, 0.3) is 0 Å². The molecule has 0 radical (unpaired) electrons. The average molecular weight is 477 g/mol. The number of nitrogens with zero attached hydrogens (tertiary/aromatic N) is 2. The van der Waals surface area contributed by atoms with E-state index in [2.05, 4.69) is 4.90 Å². The van der Waals surface area contributed by atoms with Crippen LogP contribution in [0.1, 0.15) is 29.8 Å². The Labute approximate surface area is 193 Å². The number of benzene rings is 1. The first-order valence-electron chi connectivity index (χ1n) is 11.1. The number of aliphatic hydroxyl groups is 1. The SMILES string of the molecule is COCCN(CC1CN(CC(O)COCC(C)C)CCO1)C(=O)c1ccc(C(F)(F)F)cc1. The van der Waals surface area contributed by atoms with Gasteiger partial charge in [0.05, 0.1) is 37.6 Å². The maximum atomic E-state index is 13.0. The van der Waals surface area contributed by atoms with Crippen molar-refractivity contribution in [1.29, 1.82) is 0 Å². The molecule has 1 aliphatic rings. The number of methoxy groups -OCH3 is 1. The van der Waals surface area contributed by atoms with Gasteiger partial charge in [0.2, 0.25) is 0 Å². The van der Waals surface area contributed by atoms with Crippen LogP contribution in [0.5, 0.6) is 0 Å². The maximum Gasteiger partial charge on any atom is 0.416 e. The van der Waals surface area contributed by atoms with E-state index < -0.39 is 17.8 Å². The van der Waals surface area contributed by atoms with Gasteiger partial charge in [-0.15, -0.1) is 0 Å². The van der Waals surface area contributed by atoms with Crippen molar-refractivity contribution in [2.24, 2.45) is 5.92 Å². The van der Waals surface area contributed by atoms with E-state index in [-0.39, 0.29) is 43.9 Å². The summed E-state index contributed by atoms with van der Waals surface area (Å²) < 4.78 is 54.9. The van der Waals surface area contributed by atoms with Crippen molar-refractivity contribution in [3.05, 3.63) is 35.4 Å². The van der Waals surface area contributed by atoms with Gasteiger partial charge in [0, 0.05) is 52.0 Å². The minimum Gasteiger partial charge on any atom is -0.389 e. The zero-order chi connectivity index (χ0) is 24.4. The number of alkyl halides is 3. The summed E-state index contributed by atoms with van der Waals surface area (Å²) >= 11 is 0. The molecule has 0 aliphatic carbocycles. The fourth-order valence-electron chi connectivity index (χ4n) is 3.55. The molecule has 1 N–H and O–H groups in total. The first kappa shape index (κ1) is 27.5. The van der Waals surface area contributed by atoms with Crippen molar-refractivity contribution >= 4 is 5.91 Å². The lowest BCUT2D eigenvalue weighted by molar-refractivity contribution is -0.137. The Morgan fingerprint density at radius 1 is 1.27 bits per heavy atom. The van der Waals surface area contributed by atoms with Crippen LogP contribution in [0.15, 0.2) is 24.3 Å². The second-order valence-electron chi connectivity index (χ2n) is 8.66. The van der Waals surface area contributed by atoms with E-state index in [4.69, 9.17) is 14.2 Å².